The highest BCUT2D eigenvalue weighted by Gasteiger charge is 2.34. The molecule has 2 rings (SSSR count). The summed E-state index contributed by atoms with van der Waals surface area (Å²) in [5.41, 5.74) is 0. The molecule has 1 aliphatic heterocycles. The summed E-state index contributed by atoms with van der Waals surface area (Å²) in [6.07, 6.45) is 3.81. The van der Waals surface area contributed by atoms with Gasteiger partial charge in [0.25, 0.3) is 0 Å². The summed E-state index contributed by atoms with van der Waals surface area (Å²) >= 11 is 0. The SMILES string of the molecule is COc1ccccc1S(=O)(=O)N1CCCC[C@H]1CCN(C)C. The Morgan fingerprint density at radius 2 is 2.00 bits per heavy atom. The van der Waals surface area contributed by atoms with Gasteiger partial charge in [-0.3, -0.25) is 0 Å². The molecular weight excluding hydrogens is 300 g/mol. The molecule has 22 heavy (non-hydrogen) atoms. The third-order valence-corrected chi connectivity index (χ3v) is 6.13. The second-order valence-electron chi connectivity index (χ2n) is 6.01. The average Bonchev–Trinajstić information content (AvgIpc) is 2.53. The molecule has 6 heteroatoms. The van der Waals surface area contributed by atoms with E-state index < -0.39 is 10.0 Å². The Kier molecular flexibility index (Phi) is 5.83. The number of piperidine rings is 1. The first-order chi connectivity index (χ1) is 10.5. The maximum absolute atomic E-state index is 13.1. The van der Waals surface area contributed by atoms with Gasteiger partial charge in [-0.1, -0.05) is 18.6 Å². The number of hydrogen-bond donors (Lipinski definition) is 0. The molecule has 1 heterocycles. The summed E-state index contributed by atoms with van der Waals surface area (Å²) in [5.74, 6) is 0.416. The number of sulfonamides is 1. The molecule has 0 spiro atoms. The van der Waals surface area contributed by atoms with Gasteiger partial charge in [-0.25, -0.2) is 8.42 Å². The van der Waals surface area contributed by atoms with E-state index in [4.69, 9.17) is 4.74 Å². The van der Waals surface area contributed by atoms with Gasteiger partial charge in [0, 0.05) is 12.6 Å². The molecule has 0 radical (unpaired) electrons. The highest BCUT2D eigenvalue weighted by atomic mass is 32.2. The lowest BCUT2D eigenvalue weighted by molar-refractivity contribution is 0.222. The van der Waals surface area contributed by atoms with Crippen molar-refractivity contribution >= 4 is 10.0 Å². The van der Waals surface area contributed by atoms with E-state index in [1.54, 1.807) is 28.6 Å². The largest absolute Gasteiger partial charge is 0.495 e. The highest BCUT2D eigenvalue weighted by molar-refractivity contribution is 7.89. The number of rotatable bonds is 6. The molecule has 0 unspecified atom stereocenters. The van der Waals surface area contributed by atoms with Gasteiger partial charge in [-0.15, -0.1) is 0 Å². The minimum Gasteiger partial charge on any atom is -0.495 e. The van der Waals surface area contributed by atoms with E-state index in [2.05, 4.69) is 4.90 Å². The Morgan fingerprint density at radius 1 is 1.27 bits per heavy atom. The molecule has 0 amide bonds. The van der Waals surface area contributed by atoms with Crippen LogP contribution in [-0.2, 0) is 10.0 Å². The fraction of sp³-hybridized carbons (Fsp3) is 0.625. The van der Waals surface area contributed by atoms with Gasteiger partial charge in [-0.2, -0.15) is 4.31 Å². The van der Waals surface area contributed by atoms with E-state index in [1.165, 1.54) is 7.11 Å². The van der Waals surface area contributed by atoms with Gasteiger partial charge in [0.15, 0.2) is 0 Å². The summed E-state index contributed by atoms with van der Waals surface area (Å²) in [6, 6.07) is 6.94. The van der Waals surface area contributed by atoms with Crippen LogP contribution in [0.3, 0.4) is 0 Å². The first-order valence-electron chi connectivity index (χ1n) is 7.76. The monoisotopic (exact) mass is 326 g/mol. The maximum Gasteiger partial charge on any atom is 0.247 e. The Hall–Kier alpha value is -1.11. The van der Waals surface area contributed by atoms with E-state index in [0.717, 1.165) is 32.2 Å². The smallest absolute Gasteiger partial charge is 0.247 e. The first-order valence-corrected chi connectivity index (χ1v) is 9.20. The van der Waals surface area contributed by atoms with E-state index in [-0.39, 0.29) is 10.9 Å². The van der Waals surface area contributed by atoms with Crippen molar-refractivity contribution in [2.75, 3.05) is 34.3 Å². The summed E-state index contributed by atoms with van der Waals surface area (Å²) < 4.78 is 33.0. The van der Waals surface area contributed by atoms with E-state index in [1.807, 2.05) is 14.1 Å². The molecule has 0 aromatic heterocycles. The second-order valence-corrected chi connectivity index (χ2v) is 7.87. The number of benzene rings is 1. The van der Waals surface area contributed by atoms with Gasteiger partial charge >= 0.3 is 0 Å². The third kappa shape index (κ3) is 3.80. The number of nitrogens with zero attached hydrogens (tertiary/aromatic N) is 2. The lowest BCUT2D eigenvalue weighted by atomic mass is 10.0. The molecule has 1 saturated heterocycles. The lowest BCUT2D eigenvalue weighted by Crippen LogP contribution is -2.44. The Bertz CT molecular complexity index is 587. The second kappa shape index (κ2) is 7.44. The zero-order chi connectivity index (χ0) is 16.2. The fourth-order valence-electron chi connectivity index (χ4n) is 2.94. The predicted molar refractivity (Wildman–Crippen MR) is 87.7 cm³/mol. The van der Waals surface area contributed by atoms with Crippen molar-refractivity contribution in [1.82, 2.24) is 9.21 Å². The molecule has 1 aromatic rings. The molecule has 0 N–H and O–H groups in total. The van der Waals surface area contributed by atoms with Crippen LogP contribution in [0.1, 0.15) is 25.7 Å². The Morgan fingerprint density at radius 3 is 2.68 bits per heavy atom. The molecular formula is C16H26N2O3S. The van der Waals surface area contributed by atoms with Gasteiger partial charge in [0.1, 0.15) is 10.6 Å². The molecule has 1 atom stereocenters. The highest BCUT2D eigenvalue weighted by Crippen LogP contribution is 2.31. The Balaban J connectivity index is 2.28. The molecule has 0 bridgehead atoms. The zero-order valence-corrected chi connectivity index (χ0v) is 14.5. The average molecular weight is 326 g/mol. The van der Waals surface area contributed by atoms with Gasteiger partial charge in [-0.05, 0) is 52.0 Å². The summed E-state index contributed by atoms with van der Waals surface area (Å²) in [5, 5.41) is 0. The van der Waals surface area contributed by atoms with Crippen molar-refractivity contribution in [3.8, 4) is 5.75 Å². The van der Waals surface area contributed by atoms with Crippen LogP contribution in [0.25, 0.3) is 0 Å². The molecule has 124 valence electrons. The predicted octanol–water partition coefficient (Wildman–Crippen LogP) is 2.19. The number of para-hydroxylation sites is 1. The summed E-state index contributed by atoms with van der Waals surface area (Å²) in [6.45, 7) is 1.49. The zero-order valence-electron chi connectivity index (χ0n) is 13.7. The summed E-state index contributed by atoms with van der Waals surface area (Å²) in [7, 11) is 2.03. The quantitative estimate of drug-likeness (QED) is 0.804. The van der Waals surface area contributed by atoms with Crippen molar-refractivity contribution in [3.63, 3.8) is 0 Å². The standard InChI is InChI=1S/C16H26N2O3S/c1-17(2)13-11-14-8-6-7-12-18(14)22(19,20)16-10-5-4-9-15(16)21-3/h4-5,9-10,14H,6-8,11-13H2,1-3H3/t14-/m0/s1. The topological polar surface area (TPSA) is 49.9 Å². The lowest BCUT2D eigenvalue weighted by Gasteiger charge is -2.35. The van der Waals surface area contributed by atoms with Crippen LogP contribution in [0.15, 0.2) is 29.2 Å². The van der Waals surface area contributed by atoms with Crippen LogP contribution in [0.4, 0.5) is 0 Å². The Labute approximate surface area is 133 Å². The molecule has 5 nitrogen and oxygen atoms in total. The molecule has 0 aliphatic carbocycles. The van der Waals surface area contributed by atoms with E-state index in [9.17, 15) is 8.42 Å². The van der Waals surface area contributed by atoms with Crippen LogP contribution in [-0.4, -0.2) is 58.0 Å². The van der Waals surface area contributed by atoms with Crippen molar-refractivity contribution in [1.29, 1.82) is 0 Å². The number of hydrogen-bond acceptors (Lipinski definition) is 4. The minimum absolute atomic E-state index is 0.0751. The fourth-order valence-corrected chi connectivity index (χ4v) is 4.83. The van der Waals surface area contributed by atoms with Crippen molar-refractivity contribution < 1.29 is 13.2 Å². The summed E-state index contributed by atoms with van der Waals surface area (Å²) in [4.78, 5) is 2.37. The molecule has 1 fully saturated rings. The van der Waals surface area contributed by atoms with Gasteiger partial charge < -0.3 is 9.64 Å². The third-order valence-electron chi connectivity index (χ3n) is 4.14. The van der Waals surface area contributed by atoms with Gasteiger partial charge in [0.2, 0.25) is 10.0 Å². The molecule has 1 aliphatic rings. The number of ether oxygens (including phenoxy) is 1. The number of methoxy groups -OCH3 is 1. The normalized spacial score (nSPS) is 20.3. The van der Waals surface area contributed by atoms with Crippen molar-refractivity contribution in [3.05, 3.63) is 24.3 Å². The van der Waals surface area contributed by atoms with Crippen LogP contribution < -0.4 is 4.74 Å². The van der Waals surface area contributed by atoms with Crippen LogP contribution >= 0.6 is 0 Å². The first kappa shape index (κ1) is 17.2. The van der Waals surface area contributed by atoms with Crippen molar-refractivity contribution in [2.24, 2.45) is 0 Å². The van der Waals surface area contributed by atoms with Crippen molar-refractivity contribution in [2.45, 2.75) is 36.6 Å². The minimum atomic E-state index is -3.51. The van der Waals surface area contributed by atoms with Crippen LogP contribution in [0.5, 0.6) is 5.75 Å². The van der Waals surface area contributed by atoms with Crippen LogP contribution in [0, 0.1) is 0 Å². The molecule has 0 saturated carbocycles. The van der Waals surface area contributed by atoms with E-state index >= 15 is 0 Å². The van der Waals surface area contributed by atoms with Gasteiger partial charge in [0.05, 0.1) is 7.11 Å². The maximum atomic E-state index is 13.1. The molecule has 1 aromatic carbocycles. The van der Waals surface area contributed by atoms with E-state index in [0.29, 0.717) is 12.3 Å². The van der Waals surface area contributed by atoms with Crippen LogP contribution in [0.2, 0.25) is 0 Å².